The fourth-order valence-electron chi connectivity index (χ4n) is 4.92. The van der Waals surface area contributed by atoms with E-state index in [1.807, 2.05) is 0 Å². The molecule has 20 nitrogen and oxygen atoms in total. The number of phenolic OH excluding ortho intramolecular Hbond substituents is 2. The second kappa shape index (κ2) is 12.7. The topological polar surface area (TPSA) is 295 Å². The minimum atomic E-state index is -1.90. The Kier molecular flexibility index (Phi) is 8.93. The predicted octanol–water partition coefficient (Wildman–Crippen LogP) is -1.32. The van der Waals surface area contributed by atoms with Crippen LogP contribution < -0.4 is 16.4 Å². The fraction of sp³-hybridized carbons (Fsp3) is 0.296. The van der Waals surface area contributed by atoms with Crippen molar-refractivity contribution in [2.45, 2.75) is 25.5 Å². The molecule has 0 bridgehead atoms. The van der Waals surface area contributed by atoms with Crippen LogP contribution in [-0.2, 0) is 28.8 Å². The second-order valence-electron chi connectivity index (χ2n) is 11.1. The van der Waals surface area contributed by atoms with Gasteiger partial charge in [0.2, 0.25) is 5.60 Å². The summed E-state index contributed by atoms with van der Waals surface area (Å²) < 4.78 is -0.0985. The highest BCUT2D eigenvalue weighted by molar-refractivity contribution is 7.19. The molecule has 5 rings (SSSR count). The number of fused-ring (bicyclic) bond motifs is 2. The number of oxime groups is 1. The minimum absolute atomic E-state index is 0.0620. The monoisotopic (exact) mass is 720 g/mol. The van der Waals surface area contributed by atoms with Gasteiger partial charge in [-0.2, -0.15) is 0 Å². The normalized spacial score (nSPS) is 17.8. The van der Waals surface area contributed by atoms with Crippen LogP contribution in [0.15, 0.2) is 28.6 Å². The summed E-state index contributed by atoms with van der Waals surface area (Å²) in [5, 5.41) is 48.9. The SMILES string of the molecule is CC(C)(ON=C(C(=O)N[C@H]1CN2CC(C(=O)NCCN3C(=O)c4cc(O)c(O)cc4C3=O)=C(C(=O)O)N2C1=O)c1nc(N)sc1Cl)C(=O)O. The third-order valence-corrected chi connectivity index (χ3v) is 8.50. The maximum absolute atomic E-state index is 13.4. The lowest BCUT2D eigenvalue weighted by Crippen LogP contribution is -2.46. The van der Waals surface area contributed by atoms with Crippen LogP contribution in [0.4, 0.5) is 5.13 Å². The largest absolute Gasteiger partial charge is 0.504 e. The number of halogens is 1. The number of rotatable bonds is 11. The Hall–Kier alpha value is -5.80. The van der Waals surface area contributed by atoms with Gasteiger partial charge in [-0.05, 0) is 26.0 Å². The highest BCUT2D eigenvalue weighted by atomic mass is 35.5. The molecule has 3 aliphatic heterocycles. The van der Waals surface area contributed by atoms with Gasteiger partial charge in [-0.3, -0.25) is 28.9 Å². The number of carboxylic acids is 2. The van der Waals surface area contributed by atoms with Crippen molar-refractivity contribution < 1.29 is 58.8 Å². The number of nitrogens with one attached hydrogen (secondary N) is 2. The molecule has 0 spiro atoms. The summed E-state index contributed by atoms with van der Waals surface area (Å²) in [5.74, 6) is -8.80. The molecular weight excluding hydrogens is 696 g/mol. The molecule has 1 atom stereocenters. The molecular formula is C27H25ClN8O12S. The van der Waals surface area contributed by atoms with Crippen molar-refractivity contribution in [1.29, 1.82) is 0 Å². The number of carbonyl (C=O) groups excluding carboxylic acids is 5. The summed E-state index contributed by atoms with van der Waals surface area (Å²) in [6, 6.07) is 0.490. The van der Waals surface area contributed by atoms with Crippen LogP contribution in [0.1, 0.15) is 40.3 Å². The van der Waals surface area contributed by atoms with Gasteiger partial charge in [0.05, 0.1) is 23.2 Å². The van der Waals surface area contributed by atoms with Gasteiger partial charge < -0.3 is 41.6 Å². The van der Waals surface area contributed by atoms with Crippen LogP contribution in [0.2, 0.25) is 4.34 Å². The number of amides is 5. The maximum atomic E-state index is 13.4. The number of nitrogens with zero attached hydrogens (tertiary/aromatic N) is 5. The van der Waals surface area contributed by atoms with Crippen LogP contribution in [0, 0.1) is 0 Å². The predicted molar refractivity (Wildman–Crippen MR) is 164 cm³/mol. The average Bonchev–Trinajstić information content (AvgIpc) is 3.71. The Balaban J connectivity index is 1.28. The Bertz CT molecular complexity index is 1880. The zero-order valence-electron chi connectivity index (χ0n) is 25.2. The highest BCUT2D eigenvalue weighted by Gasteiger charge is 2.50. The molecule has 8 N–H and O–H groups in total. The first kappa shape index (κ1) is 34.5. The summed E-state index contributed by atoms with van der Waals surface area (Å²) in [4.78, 5) is 98.5. The number of hydrogen-bond acceptors (Lipinski definition) is 15. The minimum Gasteiger partial charge on any atom is -0.504 e. The van der Waals surface area contributed by atoms with Crippen molar-refractivity contribution in [2.75, 3.05) is 31.9 Å². The van der Waals surface area contributed by atoms with Crippen LogP contribution in [0.5, 0.6) is 11.5 Å². The molecule has 258 valence electrons. The Morgan fingerprint density at radius 1 is 1.12 bits per heavy atom. The molecule has 49 heavy (non-hydrogen) atoms. The van der Waals surface area contributed by atoms with E-state index < -0.39 is 76.0 Å². The summed E-state index contributed by atoms with van der Waals surface area (Å²) in [7, 11) is 0. The number of carboxylic acid groups (broad SMARTS) is 2. The molecule has 22 heteroatoms. The number of nitrogen functional groups attached to an aromatic ring is 1. The molecule has 0 aliphatic carbocycles. The first-order valence-electron chi connectivity index (χ1n) is 13.9. The number of anilines is 1. The van der Waals surface area contributed by atoms with Gasteiger partial charge in [0.1, 0.15) is 16.1 Å². The lowest BCUT2D eigenvalue weighted by molar-refractivity contribution is -0.161. The van der Waals surface area contributed by atoms with Gasteiger partial charge in [0.25, 0.3) is 29.5 Å². The Morgan fingerprint density at radius 2 is 1.73 bits per heavy atom. The van der Waals surface area contributed by atoms with E-state index in [-0.39, 0.29) is 58.0 Å². The number of hydrazine groups is 1. The number of aliphatic carboxylic acids is 2. The van der Waals surface area contributed by atoms with Crippen molar-refractivity contribution in [3.05, 3.63) is 44.6 Å². The fourth-order valence-corrected chi connectivity index (χ4v) is 5.85. The van der Waals surface area contributed by atoms with Gasteiger partial charge >= 0.3 is 11.9 Å². The zero-order valence-corrected chi connectivity index (χ0v) is 26.8. The van der Waals surface area contributed by atoms with Gasteiger partial charge in [-0.15, -0.1) is 0 Å². The van der Waals surface area contributed by atoms with Crippen molar-refractivity contribution in [3.8, 4) is 11.5 Å². The molecule has 1 aromatic carbocycles. The molecule has 0 radical (unpaired) electrons. The number of benzene rings is 1. The summed E-state index contributed by atoms with van der Waals surface area (Å²) in [6.45, 7) is 0.950. The lowest BCUT2D eigenvalue weighted by atomic mass is 10.1. The van der Waals surface area contributed by atoms with E-state index in [1.54, 1.807) is 0 Å². The van der Waals surface area contributed by atoms with Crippen molar-refractivity contribution in [2.24, 2.45) is 5.16 Å². The van der Waals surface area contributed by atoms with E-state index in [0.717, 1.165) is 42.2 Å². The smallest absolute Gasteiger partial charge is 0.354 e. The van der Waals surface area contributed by atoms with E-state index in [9.17, 15) is 54.0 Å². The summed E-state index contributed by atoms with van der Waals surface area (Å²) >= 11 is 6.92. The lowest BCUT2D eigenvalue weighted by Gasteiger charge is -2.19. The van der Waals surface area contributed by atoms with E-state index in [0.29, 0.717) is 5.01 Å². The second-order valence-corrected chi connectivity index (χ2v) is 12.7. The molecule has 4 heterocycles. The molecule has 2 aromatic rings. The van der Waals surface area contributed by atoms with Crippen molar-refractivity contribution in [3.63, 3.8) is 0 Å². The summed E-state index contributed by atoms with van der Waals surface area (Å²) in [5.41, 5.74) is 1.54. The van der Waals surface area contributed by atoms with E-state index in [1.165, 1.54) is 5.01 Å². The first-order chi connectivity index (χ1) is 22.9. The molecule has 0 saturated carbocycles. The number of nitrogens with two attached hydrogens (primary N) is 1. The van der Waals surface area contributed by atoms with Crippen LogP contribution in [0.25, 0.3) is 0 Å². The first-order valence-corrected chi connectivity index (χ1v) is 15.1. The number of hydrogen-bond donors (Lipinski definition) is 7. The van der Waals surface area contributed by atoms with E-state index in [4.69, 9.17) is 22.2 Å². The van der Waals surface area contributed by atoms with Crippen LogP contribution in [-0.4, -0.2) is 125 Å². The quantitative estimate of drug-likeness (QED) is 0.0613. The van der Waals surface area contributed by atoms with E-state index in [2.05, 4.69) is 20.8 Å². The van der Waals surface area contributed by atoms with Gasteiger partial charge in [-0.25, -0.2) is 24.6 Å². The van der Waals surface area contributed by atoms with Crippen LogP contribution >= 0.6 is 22.9 Å². The molecule has 5 amide bonds. The van der Waals surface area contributed by atoms with Crippen molar-refractivity contribution >= 4 is 75.3 Å². The number of thiazole rings is 1. The number of aromatic hydroxyl groups is 2. The van der Waals surface area contributed by atoms with Gasteiger partial charge in [0, 0.05) is 19.6 Å². The number of aromatic nitrogens is 1. The Labute approximate surface area is 282 Å². The standard InChI is InChI=1S/C27H25ClN8O12S/c1-27(2,25(46)47)48-33-16(15-18(28)49-26(29)32-15)20(40)31-12-8-34-7-11(17(24(44)45)36(34)23(12)43)19(39)30-3-4-35-21(41)9-5-13(37)14(38)6-10(9)22(35)42/h5-6,12,37-38H,3-4,7-8H2,1-2H3,(H2,29,32)(H,30,39)(H,31,40)(H,44,45)(H,46,47)/t12-/m0/s1. The third-order valence-electron chi connectivity index (χ3n) is 7.41. The number of phenols is 2. The summed E-state index contributed by atoms with van der Waals surface area (Å²) in [6.07, 6.45) is 0. The molecule has 1 saturated heterocycles. The molecule has 1 fully saturated rings. The third kappa shape index (κ3) is 6.28. The maximum Gasteiger partial charge on any atom is 0.354 e. The van der Waals surface area contributed by atoms with Gasteiger partial charge in [-0.1, -0.05) is 28.1 Å². The molecule has 0 unspecified atom stereocenters. The highest BCUT2D eigenvalue weighted by Crippen LogP contribution is 2.34. The molecule has 1 aromatic heterocycles. The van der Waals surface area contributed by atoms with E-state index >= 15 is 0 Å². The number of imide groups is 1. The zero-order chi connectivity index (χ0) is 36.1. The number of carbonyl (C=O) groups is 7. The average molecular weight is 721 g/mol. The Morgan fingerprint density at radius 3 is 2.27 bits per heavy atom. The van der Waals surface area contributed by atoms with Crippen molar-refractivity contribution in [1.82, 2.24) is 30.5 Å². The van der Waals surface area contributed by atoms with Crippen LogP contribution in [0.3, 0.4) is 0 Å². The molecule has 3 aliphatic rings. The van der Waals surface area contributed by atoms with Gasteiger partial charge in [0.15, 0.2) is 28.0 Å².